The molecule has 118 valence electrons. The Hall–Kier alpha value is -1.84. The second-order valence-corrected chi connectivity index (χ2v) is 7.30. The lowest BCUT2D eigenvalue weighted by Gasteiger charge is -2.33. The van der Waals surface area contributed by atoms with E-state index in [4.69, 9.17) is 0 Å². The first-order valence-electron chi connectivity index (χ1n) is 8.07. The van der Waals surface area contributed by atoms with Crippen LogP contribution in [0.2, 0.25) is 0 Å². The summed E-state index contributed by atoms with van der Waals surface area (Å²) in [6.45, 7) is 7.37. The Morgan fingerprint density at radius 3 is 2.64 bits per heavy atom. The molecular formula is C18H24N2O2. The van der Waals surface area contributed by atoms with Crippen molar-refractivity contribution < 1.29 is 9.59 Å². The van der Waals surface area contributed by atoms with E-state index >= 15 is 0 Å². The Kier molecular flexibility index (Phi) is 3.71. The van der Waals surface area contributed by atoms with Crippen molar-refractivity contribution >= 4 is 17.5 Å². The van der Waals surface area contributed by atoms with E-state index in [1.165, 1.54) is 5.56 Å². The fourth-order valence-corrected chi connectivity index (χ4v) is 3.50. The summed E-state index contributed by atoms with van der Waals surface area (Å²) in [4.78, 5) is 28.9. The zero-order chi connectivity index (χ0) is 15.9. The van der Waals surface area contributed by atoms with Crippen LogP contribution in [0.15, 0.2) is 24.3 Å². The first-order chi connectivity index (χ1) is 10.4. The molecule has 2 aliphatic heterocycles. The minimum absolute atomic E-state index is 0.0937. The standard InChI is InChI=1S/C18H24N2O2/c1-18(2,3)20-12-14(11-16(20)21)17(22)19-10-6-8-13-7-4-5-9-15(13)19/h4-5,7,9,14H,6,8,10-12H2,1-3H3/t14-/m0/s1. The number of likely N-dealkylation sites (tertiary alicyclic amines) is 1. The van der Waals surface area contributed by atoms with Crippen LogP contribution in [-0.4, -0.2) is 35.3 Å². The highest BCUT2D eigenvalue weighted by Gasteiger charge is 2.41. The molecule has 1 saturated heterocycles. The van der Waals surface area contributed by atoms with Gasteiger partial charge in [0.25, 0.3) is 0 Å². The highest BCUT2D eigenvalue weighted by molar-refractivity contribution is 6.00. The van der Waals surface area contributed by atoms with E-state index in [0.29, 0.717) is 13.0 Å². The minimum atomic E-state index is -0.216. The van der Waals surface area contributed by atoms with Crippen molar-refractivity contribution in [3.8, 4) is 0 Å². The van der Waals surface area contributed by atoms with E-state index in [9.17, 15) is 9.59 Å². The van der Waals surface area contributed by atoms with Gasteiger partial charge in [-0.05, 0) is 45.2 Å². The highest BCUT2D eigenvalue weighted by atomic mass is 16.2. The topological polar surface area (TPSA) is 40.6 Å². The summed E-state index contributed by atoms with van der Waals surface area (Å²) in [6, 6.07) is 8.11. The Morgan fingerprint density at radius 2 is 1.95 bits per heavy atom. The fourth-order valence-electron chi connectivity index (χ4n) is 3.50. The highest BCUT2D eigenvalue weighted by Crippen LogP contribution is 2.32. The largest absolute Gasteiger partial charge is 0.337 e. The number of rotatable bonds is 1. The molecule has 22 heavy (non-hydrogen) atoms. The number of carbonyl (C=O) groups is 2. The third kappa shape index (κ3) is 2.62. The second-order valence-electron chi connectivity index (χ2n) is 7.30. The van der Waals surface area contributed by atoms with Crippen LogP contribution < -0.4 is 4.90 Å². The Balaban J connectivity index is 1.80. The molecule has 0 aromatic heterocycles. The van der Waals surface area contributed by atoms with Crippen LogP contribution in [0.3, 0.4) is 0 Å². The lowest BCUT2D eigenvalue weighted by molar-refractivity contribution is -0.131. The molecule has 4 heteroatoms. The number of benzene rings is 1. The number of aryl methyl sites for hydroxylation is 1. The maximum atomic E-state index is 12.9. The number of hydrogen-bond donors (Lipinski definition) is 0. The van der Waals surface area contributed by atoms with Gasteiger partial charge in [0.05, 0.1) is 5.92 Å². The summed E-state index contributed by atoms with van der Waals surface area (Å²) in [5.41, 5.74) is 2.05. The van der Waals surface area contributed by atoms with Gasteiger partial charge >= 0.3 is 0 Å². The molecule has 1 aromatic carbocycles. The molecule has 0 N–H and O–H groups in total. The van der Waals surface area contributed by atoms with Gasteiger partial charge in [0.15, 0.2) is 0 Å². The van der Waals surface area contributed by atoms with Crippen molar-refractivity contribution in [1.82, 2.24) is 4.90 Å². The molecule has 3 rings (SSSR count). The van der Waals surface area contributed by atoms with Crippen LogP contribution in [-0.2, 0) is 16.0 Å². The van der Waals surface area contributed by atoms with Gasteiger partial charge in [0.2, 0.25) is 11.8 Å². The van der Waals surface area contributed by atoms with Crippen molar-refractivity contribution in [2.75, 3.05) is 18.0 Å². The van der Waals surface area contributed by atoms with Gasteiger partial charge in [-0.3, -0.25) is 9.59 Å². The number of hydrogen-bond acceptors (Lipinski definition) is 2. The average Bonchev–Trinajstić information content (AvgIpc) is 2.88. The van der Waals surface area contributed by atoms with Crippen LogP contribution in [0, 0.1) is 5.92 Å². The van der Waals surface area contributed by atoms with Crippen molar-refractivity contribution in [2.24, 2.45) is 5.92 Å². The zero-order valence-electron chi connectivity index (χ0n) is 13.6. The van der Waals surface area contributed by atoms with Gasteiger partial charge < -0.3 is 9.80 Å². The summed E-state index contributed by atoms with van der Waals surface area (Å²) >= 11 is 0. The van der Waals surface area contributed by atoms with Crippen molar-refractivity contribution in [1.29, 1.82) is 0 Å². The molecule has 2 heterocycles. The van der Waals surface area contributed by atoms with Crippen molar-refractivity contribution in [3.05, 3.63) is 29.8 Å². The molecule has 2 aliphatic rings. The van der Waals surface area contributed by atoms with Crippen molar-refractivity contribution in [3.63, 3.8) is 0 Å². The van der Waals surface area contributed by atoms with Gasteiger partial charge in [-0.2, -0.15) is 0 Å². The van der Waals surface area contributed by atoms with E-state index < -0.39 is 0 Å². The normalized spacial score (nSPS) is 22.0. The van der Waals surface area contributed by atoms with Crippen LogP contribution in [0.4, 0.5) is 5.69 Å². The number of anilines is 1. The molecular weight excluding hydrogens is 276 g/mol. The Morgan fingerprint density at radius 1 is 1.23 bits per heavy atom. The van der Waals surface area contributed by atoms with Crippen LogP contribution >= 0.6 is 0 Å². The Bertz CT molecular complexity index is 603. The molecule has 2 amide bonds. The quantitative estimate of drug-likeness (QED) is 0.800. The molecule has 0 aliphatic carbocycles. The monoisotopic (exact) mass is 300 g/mol. The SMILES string of the molecule is CC(C)(C)N1C[C@@H](C(=O)N2CCCc3ccccc32)CC1=O. The van der Waals surface area contributed by atoms with Gasteiger partial charge in [-0.15, -0.1) is 0 Å². The van der Waals surface area contributed by atoms with E-state index in [-0.39, 0.29) is 23.3 Å². The number of amides is 2. The summed E-state index contributed by atoms with van der Waals surface area (Å²) in [5, 5.41) is 0. The van der Waals surface area contributed by atoms with Crippen molar-refractivity contribution in [2.45, 2.75) is 45.6 Å². The molecule has 1 aromatic rings. The van der Waals surface area contributed by atoms with Gasteiger partial charge in [-0.1, -0.05) is 18.2 Å². The predicted molar refractivity (Wildman–Crippen MR) is 86.7 cm³/mol. The fraction of sp³-hybridized carbons (Fsp3) is 0.556. The summed E-state index contributed by atoms with van der Waals surface area (Å²) in [5.74, 6) is -0.0127. The third-order valence-corrected chi connectivity index (χ3v) is 4.66. The van der Waals surface area contributed by atoms with E-state index in [0.717, 1.165) is 25.1 Å². The number of fused-ring (bicyclic) bond motifs is 1. The first kappa shape index (κ1) is 15.1. The van der Waals surface area contributed by atoms with Gasteiger partial charge in [0.1, 0.15) is 0 Å². The number of para-hydroxylation sites is 1. The van der Waals surface area contributed by atoms with Crippen LogP contribution in [0.5, 0.6) is 0 Å². The molecule has 0 bridgehead atoms. The predicted octanol–water partition coefficient (Wildman–Crippen LogP) is 2.61. The maximum Gasteiger partial charge on any atom is 0.232 e. The Labute approximate surface area is 132 Å². The molecule has 0 spiro atoms. The van der Waals surface area contributed by atoms with E-state index in [2.05, 4.69) is 6.07 Å². The molecule has 4 nitrogen and oxygen atoms in total. The smallest absolute Gasteiger partial charge is 0.232 e. The lowest BCUT2D eigenvalue weighted by atomic mass is 9.99. The summed E-state index contributed by atoms with van der Waals surface area (Å²) < 4.78 is 0. The first-order valence-corrected chi connectivity index (χ1v) is 8.07. The molecule has 0 saturated carbocycles. The molecule has 1 fully saturated rings. The third-order valence-electron chi connectivity index (χ3n) is 4.66. The lowest BCUT2D eigenvalue weighted by Crippen LogP contribution is -2.44. The molecule has 1 atom stereocenters. The van der Waals surface area contributed by atoms with Gasteiger partial charge in [-0.25, -0.2) is 0 Å². The number of carbonyl (C=O) groups excluding carboxylic acids is 2. The van der Waals surface area contributed by atoms with Crippen LogP contribution in [0.1, 0.15) is 39.2 Å². The second kappa shape index (κ2) is 5.41. The summed E-state index contributed by atoms with van der Waals surface area (Å²) in [6.07, 6.45) is 2.36. The minimum Gasteiger partial charge on any atom is -0.337 e. The number of nitrogens with zero attached hydrogens (tertiary/aromatic N) is 2. The zero-order valence-corrected chi connectivity index (χ0v) is 13.6. The van der Waals surface area contributed by atoms with E-state index in [1.54, 1.807) is 0 Å². The van der Waals surface area contributed by atoms with E-state index in [1.807, 2.05) is 48.8 Å². The summed E-state index contributed by atoms with van der Waals surface area (Å²) in [7, 11) is 0. The maximum absolute atomic E-state index is 12.9. The molecule has 0 unspecified atom stereocenters. The average molecular weight is 300 g/mol. The van der Waals surface area contributed by atoms with Gasteiger partial charge in [0, 0.05) is 30.7 Å². The van der Waals surface area contributed by atoms with Crippen LogP contribution in [0.25, 0.3) is 0 Å². The molecule has 0 radical (unpaired) electrons.